The number of nitrogens with zero attached hydrogens (tertiary/aromatic N) is 2. The molecule has 0 saturated carbocycles. The first-order valence-corrected chi connectivity index (χ1v) is 10.3. The number of benzene rings is 2. The van der Waals surface area contributed by atoms with E-state index in [2.05, 4.69) is 4.90 Å². The molecule has 3 N–H and O–H groups in total. The van der Waals surface area contributed by atoms with E-state index < -0.39 is 11.7 Å². The van der Waals surface area contributed by atoms with Crippen molar-refractivity contribution in [2.24, 2.45) is 17.6 Å². The third kappa shape index (κ3) is 2.76. The third-order valence-corrected chi connectivity index (χ3v) is 6.79. The van der Waals surface area contributed by atoms with Gasteiger partial charge in [-0.25, -0.2) is 4.39 Å². The Morgan fingerprint density at radius 1 is 1.07 bits per heavy atom. The monoisotopic (exact) mass is 406 g/mol. The van der Waals surface area contributed by atoms with E-state index in [9.17, 15) is 14.0 Å². The Balaban J connectivity index is 1.50. The molecule has 0 radical (unpaired) electrons. The number of imide groups is 1. The van der Waals surface area contributed by atoms with Gasteiger partial charge < -0.3 is 5.73 Å². The number of amides is 2. The topological polar surface area (TPSA) is 90.5 Å². The van der Waals surface area contributed by atoms with Gasteiger partial charge in [0.1, 0.15) is 11.7 Å². The van der Waals surface area contributed by atoms with Crippen LogP contribution in [0.25, 0.3) is 0 Å². The van der Waals surface area contributed by atoms with Crippen molar-refractivity contribution in [1.29, 1.82) is 5.41 Å². The molecule has 3 aliphatic rings. The molecule has 154 valence electrons. The van der Waals surface area contributed by atoms with Crippen molar-refractivity contribution in [3.63, 3.8) is 0 Å². The number of carbonyl (C=O) groups is 2. The molecule has 4 atom stereocenters. The molecule has 0 bridgehead atoms. The van der Waals surface area contributed by atoms with Crippen LogP contribution in [0.15, 0.2) is 48.5 Å². The van der Waals surface area contributed by atoms with E-state index in [0.29, 0.717) is 11.1 Å². The van der Waals surface area contributed by atoms with Crippen molar-refractivity contribution < 1.29 is 14.0 Å². The van der Waals surface area contributed by atoms with Crippen molar-refractivity contribution in [3.8, 4) is 0 Å². The summed E-state index contributed by atoms with van der Waals surface area (Å²) in [4.78, 5) is 30.2. The number of rotatable bonds is 4. The first-order valence-electron chi connectivity index (χ1n) is 10.3. The normalized spacial score (nSPS) is 28.1. The van der Waals surface area contributed by atoms with Gasteiger partial charge in [-0.1, -0.05) is 42.5 Å². The highest BCUT2D eigenvalue weighted by Gasteiger charge is 2.62. The minimum Gasteiger partial charge on any atom is -0.384 e. The maximum atomic E-state index is 14.2. The number of hydrogen-bond acceptors (Lipinski definition) is 4. The minimum atomic E-state index is -0.460. The molecule has 3 unspecified atom stereocenters. The molecule has 2 aromatic rings. The van der Waals surface area contributed by atoms with Gasteiger partial charge in [0.2, 0.25) is 11.8 Å². The highest BCUT2D eigenvalue weighted by atomic mass is 19.1. The molecule has 7 heteroatoms. The van der Waals surface area contributed by atoms with E-state index in [0.717, 1.165) is 24.9 Å². The van der Waals surface area contributed by atoms with Crippen molar-refractivity contribution in [3.05, 3.63) is 71.0 Å². The molecular formula is C23H23FN4O2. The Labute approximate surface area is 174 Å². The molecule has 3 heterocycles. The van der Waals surface area contributed by atoms with Gasteiger partial charge in [0.25, 0.3) is 0 Å². The highest BCUT2D eigenvalue weighted by molar-refractivity contribution is 6.06. The van der Waals surface area contributed by atoms with Crippen LogP contribution < -0.4 is 5.73 Å². The predicted molar refractivity (Wildman–Crippen MR) is 109 cm³/mol. The van der Waals surface area contributed by atoms with Crippen molar-refractivity contribution >= 4 is 17.6 Å². The second kappa shape index (κ2) is 7.02. The summed E-state index contributed by atoms with van der Waals surface area (Å²) in [6, 6.07) is 13.5. The van der Waals surface area contributed by atoms with Gasteiger partial charge >= 0.3 is 0 Å². The van der Waals surface area contributed by atoms with E-state index in [4.69, 9.17) is 11.1 Å². The van der Waals surface area contributed by atoms with Gasteiger partial charge in [0.15, 0.2) is 0 Å². The molecule has 0 aromatic heterocycles. The lowest BCUT2D eigenvalue weighted by Gasteiger charge is -2.29. The fourth-order valence-corrected chi connectivity index (χ4v) is 5.47. The zero-order valence-corrected chi connectivity index (χ0v) is 16.4. The van der Waals surface area contributed by atoms with Crippen LogP contribution in [0.1, 0.15) is 35.6 Å². The molecule has 6 nitrogen and oxygen atoms in total. The molecule has 2 amide bonds. The van der Waals surface area contributed by atoms with Crippen molar-refractivity contribution in [1.82, 2.24) is 9.80 Å². The molecule has 5 rings (SSSR count). The molecule has 3 saturated heterocycles. The van der Waals surface area contributed by atoms with E-state index in [1.54, 1.807) is 30.3 Å². The first-order chi connectivity index (χ1) is 14.5. The lowest BCUT2D eigenvalue weighted by atomic mass is 9.85. The van der Waals surface area contributed by atoms with Gasteiger partial charge in [-0.15, -0.1) is 0 Å². The third-order valence-electron chi connectivity index (χ3n) is 6.79. The molecule has 0 spiro atoms. The van der Waals surface area contributed by atoms with Crippen LogP contribution >= 0.6 is 0 Å². The number of nitrogen functional groups attached to an aromatic ring is 1. The Hall–Kier alpha value is -3.06. The second-order valence-electron chi connectivity index (χ2n) is 8.33. The summed E-state index contributed by atoms with van der Waals surface area (Å²) < 4.78 is 14.2. The number of nitrogens with two attached hydrogens (primary N) is 1. The van der Waals surface area contributed by atoms with Gasteiger partial charge in [-0.2, -0.15) is 0 Å². The highest BCUT2D eigenvalue weighted by Crippen LogP contribution is 2.53. The quantitative estimate of drug-likeness (QED) is 0.464. The molecule has 3 aliphatic heterocycles. The summed E-state index contributed by atoms with van der Waals surface area (Å²) in [5.74, 6) is -1.67. The fraction of sp³-hybridized carbons (Fsp3) is 0.348. The molecule has 3 fully saturated rings. The second-order valence-corrected chi connectivity index (χ2v) is 8.33. The van der Waals surface area contributed by atoms with E-state index in [1.807, 2.05) is 12.1 Å². The van der Waals surface area contributed by atoms with Crippen LogP contribution in [0, 0.1) is 23.1 Å². The Morgan fingerprint density at radius 3 is 2.47 bits per heavy atom. The largest absolute Gasteiger partial charge is 0.384 e. The fourth-order valence-electron chi connectivity index (χ4n) is 5.47. The maximum Gasteiger partial charge on any atom is 0.235 e. The summed E-state index contributed by atoms with van der Waals surface area (Å²) in [6.07, 6.45) is 1.88. The zero-order valence-electron chi connectivity index (χ0n) is 16.4. The Bertz CT molecular complexity index is 1040. The Kier molecular flexibility index (Phi) is 4.43. The van der Waals surface area contributed by atoms with Crippen molar-refractivity contribution in [2.75, 3.05) is 6.54 Å². The summed E-state index contributed by atoms with van der Waals surface area (Å²) in [5, 5.41) is 7.59. The molecule has 30 heavy (non-hydrogen) atoms. The van der Waals surface area contributed by atoms with Crippen LogP contribution in [0.5, 0.6) is 0 Å². The molecular weight excluding hydrogens is 383 g/mol. The smallest absolute Gasteiger partial charge is 0.235 e. The van der Waals surface area contributed by atoms with E-state index in [-0.39, 0.29) is 42.2 Å². The number of halogens is 1. The van der Waals surface area contributed by atoms with Gasteiger partial charge in [-0.05, 0) is 31.0 Å². The number of carbonyl (C=O) groups excluding carboxylic acids is 2. The van der Waals surface area contributed by atoms with Gasteiger partial charge in [0.05, 0.1) is 18.4 Å². The van der Waals surface area contributed by atoms with E-state index in [1.165, 1.54) is 11.0 Å². The number of fused-ring (bicyclic) bond motifs is 3. The summed E-state index contributed by atoms with van der Waals surface area (Å²) >= 11 is 0. The van der Waals surface area contributed by atoms with Crippen LogP contribution in [-0.2, 0) is 16.1 Å². The molecule has 0 aliphatic carbocycles. The average molecular weight is 406 g/mol. The van der Waals surface area contributed by atoms with Crippen LogP contribution in [0.2, 0.25) is 0 Å². The van der Waals surface area contributed by atoms with Gasteiger partial charge in [0, 0.05) is 23.2 Å². The SMILES string of the molecule is N=C(N)c1ccc([C@H]2C3C(=O)N(Cc4ccccc4F)C(=O)C3C3CCCN32)cc1. The number of hydrogen-bond donors (Lipinski definition) is 2. The van der Waals surface area contributed by atoms with Crippen LogP contribution in [0.3, 0.4) is 0 Å². The Morgan fingerprint density at radius 2 is 1.77 bits per heavy atom. The van der Waals surface area contributed by atoms with Crippen molar-refractivity contribution in [2.45, 2.75) is 31.5 Å². The van der Waals surface area contributed by atoms with Crippen LogP contribution in [-0.4, -0.2) is 40.0 Å². The molecule has 2 aromatic carbocycles. The predicted octanol–water partition coefficient (Wildman–Crippen LogP) is 2.43. The lowest BCUT2D eigenvalue weighted by molar-refractivity contribution is -0.142. The summed E-state index contributed by atoms with van der Waals surface area (Å²) in [6.45, 7) is 0.824. The lowest BCUT2D eigenvalue weighted by Crippen LogP contribution is -2.39. The summed E-state index contributed by atoms with van der Waals surface area (Å²) in [7, 11) is 0. The summed E-state index contributed by atoms with van der Waals surface area (Å²) in [5.41, 5.74) is 7.50. The standard InChI is InChI=1S/C23H23FN4O2/c24-16-5-2-1-4-15(16)12-28-22(29)18-17-6-3-11-27(17)20(19(18)23(28)30)13-7-9-14(10-8-13)21(25)26/h1-2,4-5,7-10,17-20H,3,6,11-12H2,(H3,25,26)/t17?,18?,19?,20-/m0/s1. The first kappa shape index (κ1) is 18.9. The minimum absolute atomic E-state index is 0.00641. The zero-order chi connectivity index (χ0) is 21.0. The number of amidine groups is 1. The number of likely N-dealkylation sites (tertiary alicyclic amines) is 1. The van der Waals surface area contributed by atoms with Gasteiger partial charge in [-0.3, -0.25) is 24.8 Å². The van der Waals surface area contributed by atoms with Crippen LogP contribution in [0.4, 0.5) is 4.39 Å². The maximum absolute atomic E-state index is 14.2. The van der Waals surface area contributed by atoms with E-state index >= 15 is 0 Å². The number of nitrogens with one attached hydrogen (secondary N) is 1. The average Bonchev–Trinajstić information content (AvgIpc) is 3.38.